The molecule has 2 amide bonds. The van der Waals surface area contributed by atoms with Gasteiger partial charge in [-0.2, -0.15) is 0 Å². The molecule has 112 valence electrons. The third-order valence-corrected chi connectivity index (χ3v) is 2.84. The number of nitrogens with one attached hydrogen (secondary N) is 2. The fourth-order valence-corrected chi connectivity index (χ4v) is 1.87. The number of aliphatic hydroxyl groups is 1. The lowest BCUT2D eigenvalue weighted by Gasteiger charge is -2.23. The van der Waals surface area contributed by atoms with E-state index in [4.69, 9.17) is 4.74 Å². The average Bonchev–Trinajstić information content (AvgIpc) is 2.36. The van der Waals surface area contributed by atoms with Crippen molar-refractivity contribution in [1.29, 1.82) is 0 Å². The number of rotatable bonds is 5. The van der Waals surface area contributed by atoms with Crippen LogP contribution in [0.4, 0.5) is 10.5 Å². The van der Waals surface area contributed by atoms with E-state index in [0.717, 1.165) is 11.3 Å². The first kappa shape index (κ1) is 16.5. The van der Waals surface area contributed by atoms with Gasteiger partial charge in [0.15, 0.2) is 0 Å². The molecule has 0 spiro atoms. The Morgan fingerprint density at radius 3 is 2.60 bits per heavy atom. The summed E-state index contributed by atoms with van der Waals surface area (Å²) < 4.78 is 4.80. The van der Waals surface area contributed by atoms with Gasteiger partial charge in [-0.05, 0) is 17.0 Å². The predicted molar refractivity (Wildman–Crippen MR) is 80.0 cm³/mol. The van der Waals surface area contributed by atoms with E-state index < -0.39 is 6.10 Å². The number of aliphatic hydroxyl groups excluding tert-OH is 1. The van der Waals surface area contributed by atoms with Gasteiger partial charge in [0.25, 0.3) is 0 Å². The highest BCUT2D eigenvalue weighted by Crippen LogP contribution is 2.29. The van der Waals surface area contributed by atoms with Crippen molar-refractivity contribution >= 4 is 11.7 Å². The summed E-state index contributed by atoms with van der Waals surface area (Å²) in [5, 5.41) is 14.9. The summed E-state index contributed by atoms with van der Waals surface area (Å²) in [5.41, 5.74) is 1.78. The van der Waals surface area contributed by atoms with E-state index >= 15 is 0 Å². The number of ether oxygens (including phenoxy) is 1. The van der Waals surface area contributed by atoms with Crippen molar-refractivity contribution in [3.63, 3.8) is 0 Å². The molecule has 0 aliphatic heterocycles. The minimum atomic E-state index is -0.705. The highest BCUT2D eigenvalue weighted by Gasteiger charge is 2.18. The van der Waals surface area contributed by atoms with Crippen LogP contribution >= 0.6 is 0 Å². The van der Waals surface area contributed by atoms with Crippen molar-refractivity contribution in [2.45, 2.75) is 32.3 Å². The number of hydrogen-bond donors (Lipinski definition) is 3. The SMILES string of the molecule is COCC(O)CNC(=O)Nc1ccccc1C(C)(C)C. The molecule has 0 aliphatic rings. The minimum absolute atomic E-state index is 0.0561. The second-order valence-electron chi connectivity index (χ2n) is 5.74. The summed E-state index contributed by atoms with van der Waals surface area (Å²) in [4.78, 5) is 11.8. The number of benzene rings is 1. The molecule has 0 aliphatic carbocycles. The Hall–Kier alpha value is -1.59. The molecule has 0 bridgehead atoms. The first-order valence-electron chi connectivity index (χ1n) is 6.66. The van der Waals surface area contributed by atoms with Crippen molar-refractivity contribution in [2.24, 2.45) is 0 Å². The lowest BCUT2D eigenvalue weighted by molar-refractivity contribution is 0.0663. The lowest BCUT2D eigenvalue weighted by atomic mass is 9.86. The predicted octanol–water partition coefficient (Wildman–Crippen LogP) is 2.11. The van der Waals surface area contributed by atoms with Gasteiger partial charge in [-0.25, -0.2) is 4.79 Å². The van der Waals surface area contributed by atoms with Crippen molar-refractivity contribution < 1.29 is 14.6 Å². The summed E-state index contributed by atoms with van der Waals surface area (Å²) >= 11 is 0. The van der Waals surface area contributed by atoms with Crippen molar-refractivity contribution in [2.75, 3.05) is 25.6 Å². The Morgan fingerprint density at radius 2 is 2.00 bits per heavy atom. The average molecular weight is 280 g/mol. The van der Waals surface area contributed by atoms with Crippen molar-refractivity contribution in [1.82, 2.24) is 5.32 Å². The zero-order chi connectivity index (χ0) is 15.2. The van der Waals surface area contributed by atoms with Gasteiger partial charge < -0.3 is 20.5 Å². The molecule has 0 radical (unpaired) electrons. The maximum absolute atomic E-state index is 11.8. The van der Waals surface area contributed by atoms with Crippen LogP contribution in [0.5, 0.6) is 0 Å². The smallest absolute Gasteiger partial charge is 0.319 e. The molecule has 20 heavy (non-hydrogen) atoms. The molecular weight excluding hydrogens is 256 g/mol. The van der Waals surface area contributed by atoms with Crippen LogP contribution in [0.3, 0.4) is 0 Å². The normalized spacial score (nSPS) is 12.8. The quantitative estimate of drug-likeness (QED) is 0.773. The molecule has 1 aromatic carbocycles. The maximum atomic E-state index is 11.8. The van der Waals surface area contributed by atoms with Gasteiger partial charge in [0.2, 0.25) is 0 Å². The summed E-state index contributed by atoms with van der Waals surface area (Å²) in [6, 6.07) is 7.36. The molecule has 1 atom stereocenters. The van der Waals surface area contributed by atoms with E-state index in [1.54, 1.807) is 0 Å². The van der Waals surface area contributed by atoms with E-state index in [2.05, 4.69) is 31.4 Å². The minimum Gasteiger partial charge on any atom is -0.389 e. The number of methoxy groups -OCH3 is 1. The van der Waals surface area contributed by atoms with E-state index in [0.29, 0.717) is 0 Å². The Labute approximate surface area is 120 Å². The highest BCUT2D eigenvalue weighted by atomic mass is 16.5. The molecule has 5 nitrogen and oxygen atoms in total. The molecule has 1 aromatic rings. The number of hydrogen-bond acceptors (Lipinski definition) is 3. The van der Waals surface area contributed by atoms with Crippen molar-refractivity contribution in [3.8, 4) is 0 Å². The van der Waals surface area contributed by atoms with E-state index in [1.807, 2.05) is 24.3 Å². The molecule has 1 rings (SSSR count). The number of carbonyl (C=O) groups excluding carboxylic acids is 1. The van der Waals surface area contributed by atoms with Gasteiger partial charge in [-0.1, -0.05) is 39.0 Å². The van der Waals surface area contributed by atoms with Gasteiger partial charge in [-0.3, -0.25) is 0 Å². The topological polar surface area (TPSA) is 70.6 Å². The summed E-state index contributed by atoms with van der Waals surface area (Å²) in [7, 11) is 1.50. The van der Waals surface area contributed by atoms with Gasteiger partial charge in [0.1, 0.15) is 0 Å². The molecule has 3 N–H and O–H groups in total. The molecule has 0 heterocycles. The second-order valence-corrected chi connectivity index (χ2v) is 5.74. The van der Waals surface area contributed by atoms with E-state index in [9.17, 15) is 9.90 Å². The fraction of sp³-hybridized carbons (Fsp3) is 0.533. The van der Waals surface area contributed by atoms with Crippen LogP contribution in [-0.2, 0) is 10.2 Å². The summed E-state index contributed by atoms with van der Waals surface area (Å²) in [6.45, 7) is 6.62. The number of amides is 2. The van der Waals surface area contributed by atoms with Crippen LogP contribution in [0, 0.1) is 0 Å². The molecule has 0 saturated heterocycles. The standard InChI is InChI=1S/C15H24N2O3/c1-15(2,3)12-7-5-6-8-13(12)17-14(19)16-9-11(18)10-20-4/h5-8,11,18H,9-10H2,1-4H3,(H2,16,17,19). The number of carbonyl (C=O) groups is 1. The third kappa shape index (κ3) is 5.19. The molecular formula is C15H24N2O3. The monoisotopic (exact) mass is 280 g/mol. The second kappa shape index (κ2) is 7.26. The van der Waals surface area contributed by atoms with Crippen LogP contribution in [0.2, 0.25) is 0 Å². The first-order chi connectivity index (χ1) is 9.34. The number of urea groups is 1. The third-order valence-electron chi connectivity index (χ3n) is 2.84. The van der Waals surface area contributed by atoms with Gasteiger partial charge in [0, 0.05) is 19.3 Å². The lowest BCUT2D eigenvalue weighted by Crippen LogP contribution is -2.37. The van der Waals surface area contributed by atoms with Gasteiger partial charge in [0.05, 0.1) is 12.7 Å². The van der Waals surface area contributed by atoms with Gasteiger partial charge >= 0.3 is 6.03 Å². The zero-order valence-electron chi connectivity index (χ0n) is 12.6. The van der Waals surface area contributed by atoms with E-state index in [1.165, 1.54) is 7.11 Å². The van der Waals surface area contributed by atoms with Crippen LogP contribution in [-0.4, -0.2) is 37.5 Å². The first-order valence-corrected chi connectivity index (χ1v) is 6.66. The largest absolute Gasteiger partial charge is 0.389 e. The van der Waals surface area contributed by atoms with Crippen LogP contribution in [0.15, 0.2) is 24.3 Å². The van der Waals surface area contributed by atoms with Crippen LogP contribution < -0.4 is 10.6 Å². The van der Waals surface area contributed by atoms with Crippen LogP contribution in [0.1, 0.15) is 26.3 Å². The Bertz CT molecular complexity index is 441. The van der Waals surface area contributed by atoms with Crippen molar-refractivity contribution in [3.05, 3.63) is 29.8 Å². The Balaban J connectivity index is 2.63. The number of para-hydroxylation sites is 1. The Kier molecular flexibility index (Phi) is 5.98. The highest BCUT2D eigenvalue weighted by molar-refractivity contribution is 5.90. The molecule has 1 unspecified atom stereocenters. The zero-order valence-corrected chi connectivity index (χ0v) is 12.6. The molecule has 0 aromatic heterocycles. The Morgan fingerprint density at radius 1 is 1.35 bits per heavy atom. The number of anilines is 1. The molecule has 5 heteroatoms. The summed E-state index contributed by atoms with van der Waals surface area (Å²) in [6.07, 6.45) is -0.705. The summed E-state index contributed by atoms with van der Waals surface area (Å²) in [5.74, 6) is 0. The molecule has 0 fully saturated rings. The fourth-order valence-electron chi connectivity index (χ4n) is 1.87. The molecule has 0 saturated carbocycles. The van der Waals surface area contributed by atoms with E-state index in [-0.39, 0.29) is 24.6 Å². The maximum Gasteiger partial charge on any atom is 0.319 e. The van der Waals surface area contributed by atoms with Gasteiger partial charge in [-0.15, -0.1) is 0 Å². The van der Waals surface area contributed by atoms with Crippen LogP contribution in [0.25, 0.3) is 0 Å².